The van der Waals surface area contributed by atoms with Crippen LogP contribution < -0.4 is 27.0 Å². The molecular weight excluding hydrogens is 420 g/mol. The van der Waals surface area contributed by atoms with Crippen LogP contribution >= 0.6 is 11.6 Å². The Labute approximate surface area is 183 Å². The molecule has 0 saturated carbocycles. The standard InChI is InChI=1S/C19H21ClN10O/c1-4-22-16-25-17(23-5-2)27-18(26-16)28-29-19-24-14(11-6-8-12(20)9-7-11)13(10-21)15(31)30(19)3/h6-9H,4-5H2,1-3H3,(H,24,29)(H3,22,23,25,26,27,28). The Balaban J connectivity index is 1.96. The van der Waals surface area contributed by atoms with Crippen LogP contribution in [0.1, 0.15) is 19.4 Å². The van der Waals surface area contributed by atoms with Crippen LogP contribution in [0, 0.1) is 11.3 Å². The number of hydrogen-bond acceptors (Lipinski definition) is 10. The highest BCUT2D eigenvalue weighted by Crippen LogP contribution is 2.22. The van der Waals surface area contributed by atoms with E-state index < -0.39 is 5.56 Å². The fourth-order valence-electron chi connectivity index (χ4n) is 2.65. The van der Waals surface area contributed by atoms with Gasteiger partial charge in [0, 0.05) is 30.7 Å². The zero-order chi connectivity index (χ0) is 22.4. The van der Waals surface area contributed by atoms with Gasteiger partial charge in [0.15, 0.2) is 0 Å². The van der Waals surface area contributed by atoms with Gasteiger partial charge >= 0.3 is 0 Å². The second-order valence-electron chi connectivity index (χ2n) is 6.26. The Morgan fingerprint density at radius 3 is 2.10 bits per heavy atom. The summed E-state index contributed by atoms with van der Waals surface area (Å²) in [5, 5.41) is 16.1. The Morgan fingerprint density at radius 1 is 0.968 bits per heavy atom. The predicted molar refractivity (Wildman–Crippen MR) is 120 cm³/mol. The zero-order valence-electron chi connectivity index (χ0n) is 17.2. The largest absolute Gasteiger partial charge is 0.354 e. The van der Waals surface area contributed by atoms with Crippen molar-refractivity contribution in [3.63, 3.8) is 0 Å². The molecule has 3 aromatic rings. The molecule has 0 fully saturated rings. The molecule has 0 unspecified atom stereocenters. The van der Waals surface area contributed by atoms with Gasteiger partial charge in [-0.15, -0.1) is 0 Å². The first-order valence-electron chi connectivity index (χ1n) is 9.49. The third kappa shape index (κ3) is 4.99. The highest BCUT2D eigenvalue weighted by atomic mass is 35.5. The first-order chi connectivity index (χ1) is 15.0. The van der Waals surface area contributed by atoms with E-state index in [1.54, 1.807) is 24.3 Å². The smallest absolute Gasteiger partial charge is 0.273 e. The number of benzene rings is 1. The number of hydrogen-bond donors (Lipinski definition) is 4. The fourth-order valence-corrected chi connectivity index (χ4v) is 2.78. The summed E-state index contributed by atoms with van der Waals surface area (Å²) >= 11 is 5.95. The third-order valence-electron chi connectivity index (χ3n) is 4.11. The first kappa shape index (κ1) is 21.8. The van der Waals surface area contributed by atoms with Crippen LogP contribution in [0.15, 0.2) is 29.1 Å². The Bertz CT molecular complexity index is 1150. The first-order valence-corrected chi connectivity index (χ1v) is 9.87. The maximum Gasteiger partial charge on any atom is 0.273 e. The molecule has 2 aromatic heterocycles. The summed E-state index contributed by atoms with van der Waals surface area (Å²) < 4.78 is 1.22. The molecule has 0 amide bonds. The molecule has 0 aliphatic carbocycles. The van der Waals surface area contributed by atoms with Crippen molar-refractivity contribution in [2.45, 2.75) is 13.8 Å². The summed E-state index contributed by atoms with van der Waals surface area (Å²) in [6.07, 6.45) is 0. The molecule has 11 nitrogen and oxygen atoms in total. The Kier molecular flexibility index (Phi) is 6.84. The van der Waals surface area contributed by atoms with Crippen LogP contribution in [-0.4, -0.2) is 37.6 Å². The van der Waals surface area contributed by atoms with Crippen molar-refractivity contribution in [1.82, 2.24) is 24.5 Å². The predicted octanol–water partition coefficient (Wildman–Crippen LogP) is 2.46. The minimum absolute atomic E-state index is 0.0700. The minimum atomic E-state index is -0.496. The van der Waals surface area contributed by atoms with E-state index in [0.717, 1.165) is 0 Å². The highest BCUT2D eigenvalue weighted by molar-refractivity contribution is 6.30. The van der Waals surface area contributed by atoms with E-state index in [-0.39, 0.29) is 23.2 Å². The quantitative estimate of drug-likeness (QED) is 0.385. The van der Waals surface area contributed by atoms with Crippen LogP contribution in [0.25, 0.3) is 11.3 Å². The molecule has 0 radical (unpaired) electrons. The lowest BCUT2D eigenvalue weighted by atomic mass is 10.1. The Morgan fingerprint density at radius 2 is 1.55 bits per heavy atom. The van der Waals surface area contributed by atoms with Gasteiger partial charge < -0.3 is 10.6 Å². The molecule has 1 aromatic carbocycles. The molecule has 0 spiro atoms. The van der Waals surface area contributed by atoms with Crippen molar-refractivity contribution in [1.29, 1.82) is 5.26 Å². The molecule has 2 heterocycles. The average Bonchev–Trinajstić information content (AvgIpc) is 2.75. The van der Waals surface area contributed by atoms with Crippen molar-refractivity contribution in [3.8, 4) is 17.3 Å². The number of nitrogens with zero attached hydrogens (tertiary/aromatic N) is 6. The van der Waals surface area contributed by atoms with E-state index in [4.69, 9.17) is 11.6 Å². The van der Waals surface area contributed by atoms with Crippen LogP contribution in [0.3, 0.4) is 0 Å². The Hall–Kier alpha value is -3.91. The van der Waals surface area contributed by atoms with Crippen molar-refractivity contribution in [2.24, 2.45) is 7.05 Å². The van der Waals surface area contributed by atoms with E-state index in [2.05, 4.69) is 41.4 Å². The summed E-state index contributed by atoms with van der Waals surface area (Å²) in [4.78, 5) is 30.0. The van der Waals surface area contributed by atoms with Crippen molar-refractivity contribution in [3.05, 3.63) is 45.2 Å². The maximum absolute atomic E-state index is 12.7. The summed E-state index contributed by atoms with van der Waals surface area (Å²) in [6.45, 7) is 5.13. The molecule has 3 rings (SSSR count). The maximum atomic E-state index is 12.7. The van der Waals surface area contributed by atoms with Gasteiger partial charge in [-0.3, -0.25) is 20.2 Å². The van der Waals surface area contributed by atoms with Gasteiger partial charge in [0.05, 0.1) is 5.69 Å². The molecule has 160 valence electrons. The van der Waals surface area contributed by atoms with E-state index in [1.165, 1.54) is 11.6 Å². The summed E-state index contributed by atoms with van der Waals surface area (Å²) in [6, 6.07) is 8.65. The molecule has 0 aliphatic heterocycles. The van der Waals surface area contributed by atoms with Crippen molar-refractivity contribution < 1.29 is 0 Å². The lowest BCUT2D eigenvalue weighted by Gasteiger charge is -2.14. The van der Waals surface area contributed by atoms with Crippen LogP contribution in [0.4, 0.5) is 23.8 Å². The summed E-state index contributed by atoms with van der Waals surface area (Å²) in [7, 11) is 1.51. The second kappa shape index (κ2) is 9.73. The molecule has 0 saturated heterocycles. The van der Waals surface area contributed by atoms with Gasteiger partial charge in [0.2, 0.25) is 23.8 Å². The second-order valence-corrected chi connectivity index (χ2v) is 6.70. The van der Waals surface area contributed by atoms with E-state index in [9.17, 15) is 10.1 Å². The number of rotatable bonds is 8. The SMILES string of the molecule is CCNc1nc(NCC)nc(NNc2nc(-c3ccc(Cl)cc3)c(C#N)c(=O)n2C)n1. The molecule has 4 N–H and O–H groups in total. The number of hydrazine groups is 1. The highest BCUT2D eigenvalue weighted by Gasteiger charge is 2.16. The third-order valence-corrected chi connectivity index (χ3v) is 4.36. The van der Waals surface area contributed by atoms with Gasteiger partial charge in [-0.05, 0) is 26.0 Å². The van der Waals surface area contributed by atoms with Gasteiger partial charge in [-0.1, -0.05) is 23.7 Å². The minimum Gasteiger partial charge on any atom is -0.354 e. The van der Waals surface area contributed by atoms with E-state index >= 15 is 0 Å². The molecule has 0 bridgehead atoms. The molecule has 0 atom stereocenters. The van der Waals surface area contributed by atoms with E-state index in [0.29, 0.717) is 35.6 Å². The molecule has 0 aliphatic rings. The number of aromatic nitrogens is 5. The lowest BCUT2D eigenvalue weighted by Crippen LogP contribution is -2.27. The summed E-state index contributed by atoms with van der Waals surface area (Å²) in [5.41, 5.74) is 5.94. The zero-order valence-corrected chi connectivity index (χ0v) is 17.9. The van der Waals surface area contributed by atoms with Gasteiger partial charge in [0.1, 0.15) is 11.6 Å². The van der Waals surface area contributed by atoms with Crippen LogP contribution in [0.2, 0.25) is 5.02 Å². The monoisotopic (exact) mass is 440 g/mol. The number of halogens is 1. The number of nitriles is 1. The fraction of sp³-hybridized carbons (Fsp3) is 0.263. The van der Waals surface area contributed by atoms with Gasteiger partial charge in [-0.2, -0.15) is 20.2 Å². The van der Waals surface area contributed by atoms with Gasteiger partial charge in [-0.25, -0.2) is 4.98 Å². The van der Waals surface area contributed by atoms with Crippen molar-refractivity contribution >= 4 is 35.4 Å². The topological polar surface area (TPSA) is 145 Å². The normalized spacial score (nSPS) is 10.3. The summed E-state index contributed by atoms with van der Waals surface area (Å²) in [5.74, 6) is 1.17. The van der Waals surface area contributed by atoms with Crippen molar-refractivity contribution in [2.75, 3.05) is 34.6 Å². The number of anilines is 4. The molecule has 12 heteroatoms. The van der Waals surface area contributed by atoms with E-state index in [1.807, 2.05) is 19.9 Å². The molecule has 31 heavy (non-hydrogen) atoms. The lowest BCUT2D eigenvalue weighted by molar-refractivity contribution is 0.828. The number of nitrogens with one attached hydrogen (secondary N) is 4. The average molecular weight is 441 g/mol. The van der Waals surface area contributed by atoms with Crippen LogP contribution in [-0.2, 0) is 7.05 Å². The molecular formula is C19H21ClN10O. The van der Waals surface area contributed by atoms with Gasteiger partial charge in [0.25, 0.3) is 5.56 Å². The van der Waals surface area contributed by atoms with Crippen LogP contribution in [0.5, 0.6) is 0 Å².